The van der Waals surface area contributed by atoms with Gasteiger partial charge in [0.15, 0.2) is 5.69 Å². The first kappa shape index (κ1) is 12.5. The van der Waals surface area contributed by atoms with Crippen molar-refractivity contribution in [1.29, 1.82) is 0 Å². The minimum absolute atomic E-state index is 0.0310. The molecule has 0 aromatic carbocycles. The average Bonchev–Trinajstić information content (AvgIpc) is 2.56. The highest BCUT2D eigenvalue weighted by atomic mass is 19.4. The van der Waals surface area contributed by atoms with Crippen molar-refractivity contribution in [2.24, 2.45) is 7.05 Å². The van der Waals surface area contributed by atoms with Crippen molar-refractivity contribution >= 4 is 5.91 Å². The number of amides is 1. The zero-order chi connectivity index (χ0) is 12.3. The molecule has 16 heavy (non-hydrogen) atoms. The number of halogens is 3. The lowest BCUT2D eigenvalue weighted by Gasteiger charge is -2.04. The number of aromatic nitrogens is 2. The summed E-state index contributed by atoms with van der Waals surface area (Å²) in [6.45, 7) is -0.318. The number of nitrogens with zero attached hydrogens (tertiary/aromatic N) is 2. The van der Waals surface area contributed by atoms with E-state index >= 15 is 0 Å². The van der Waals surface area contributed by atoms with Gasteiger partial charge < -0.3 is 10.4 Å². The number of rotatable bonds is 3. The van der Waals surface area contributed by atoms with E-state index in [1.54, 1.807) is 0 Å². The molecule has 0 bridgehead atoms. The largest absolute Gasteiger partial charge is 0.433 e. The summed E-state index contributed by atoms with van der Waals surface area (Å²) >= 11 is 0. The van der Waals surface area contributed by atoms with Crippen LogP contribution in [0, 0.1) is 0 Å². The van der Waals surface area contributed by atoms with E-state index in [1.165, 1.54) is 0 Å². The summed E-state index contributed by atoms with van der Waals surface area (Å²) in [4.78, 5) is 11.2. The van der Waals surface area contributed by atoms with E-state index in [-0.39, 0.29) is 18.8 Å². The number of aryl methyl sites for hydroxylation is 1. The third-order valence-electron chi connectivity index (χ3n) is 1.80. The molecule has 0 radical (unpaired) electrons. The molecule has 0 unspecified atom stereocenters. The van der Waals surface area contributed by atoms with Crippen LogP contribution in [0.2, 0.25) is 0 Å². The van der Waals surface area contributed by atoms with E-state index in [0.717, 1.165) is 7.05 Å². The van der Waals surface area contributed by atoms with Crippen LogP contribution in [0.15, 0.2) is 6.07 Å². The van der Waals surface area contributed by atoms with Gasteiger partial charge in [-0.2, -0.15) is 18.3 Å². The zero-order valence-electron chi connectivity index (χ0n) is 8.38. The summed E-state index contributed by atoms with van der Waals surface area (Å²) in [5, 5.41) is 14.1. The minimum atomic E-state index is -4.54. The monoisotopic (exact) mass is 237 g/mol. The topological polar surface area (TPSA) is 67.2 Å². The summed E-state index contributed by atoms with van der Waals surface area (Å²) in [7, 11) is 1.10. The second-order valence-corrected chi connectivity index (χ2v) is 3.02. The fraction of sp³-hybridized carbons (Fsp3) is 0.500. The number of carbonyl (C=O) groups excluding carboxylic acids is 1. The van der Waals surface area contributed by atoms with Gasteiger partial charge in [0.25, 0.3) is 5.91 Å². The molecular formula is C8H10F3N3O2. The molecule has 0 fully saturated rings. The van der Waals surface area contributed by atoms with E-state index in [9.17, 15) is 18.0 Å². The van der Waals surface area contributed by atoms with Crippen LogP contribution in [0.5, 0.6) is 0 Å². The SMILES string of the molecule is Cn1nc(C(=O)NCCO)cc1C(F)(F)F. The Labute approximate surface area is 88.9 Å². The van der Waals surface area contributed by atoms with Crippen molar-refractivity contribution < 1.29 is 23.1 Å². The highest BCUT2D eigenvalue weighted by Crippen LogP contribution is 2.29. The predicted octanol–water partition coefficient (Wildman–Crippen LogP) is 0.161. The fourth-order valence-corrected chi connectivity index (χ4v) is 1.10. The average molecular weight is 237 g/mol. The Kier molecular flexibility index (Phi) is 3.53. The summed E-state index contributed by atoms with van der Waals surface area (Å²) in [6.07, 6.45) is -4.54. The Hall–Kier alpha value is -1.57. The van der Waals surface area contributed by atoms with Gasteiger partial charge in [-0.05, 0) is 0 Å². The number of alkyl halides is 3. The molecule has 1 rings (SSSR count). The predicted molar refractivity (Wildman–Crippen MR) is 47.6 cm³/mol. The fourth-order valence-electron chi connectivity index (χ4n) is 1.10. The van der Waals surface area contributed by atoms with Gasteiger partial charge in [-0.25, -0.2) is 0 Å². The van der Waals surface area contributed by atoms with Crippen molar-refractivity contribution in [1.82, 2.24) is 15.1 Å². The van der Waals surface area contributed by atoms with Crippen LogP contribution in [0.4, 0.5) is 13.2 Å². The molecule has 1 aromatic heterocycles. The van der Waals surface area contributed by atoms with Gasteiger partial charge >= 0.3 is 6.18 Å². The molecule has 8 heteroatoms. The molecule has 0 aliphatic rings. The molecule has 0 spiro atoms. The van der Waals surface area contributed by atoms with Crippen molar-refractivity contribution in [3.8, 4) is 0 Å². The van der Waals surface area contributed by atoms with Crippen LogP contribution in [-0.2, 0) is 13.2 Å². The van der Waals surface area contributed by atoms with Gasteiger partial charge in [0.2, 0.25) is 0 Å². The first-order valence-electron chi connectivity index (χ1n) is 4.36. The zero-order valence-corrected chi connectivity index (χ0v) is 8.38. The van der Waals surface area contributed by atoms with Crippen LogP contribution >= 0.6 is 0 Å². The number of hydrogen-bond donors (Lipinski definition) is 2. The second kappa shape index (κ2) is 4.52. The smallest absolute Gasteiger partial charge is 0.395 e. The molecule has 1 heterocycles. The van der Waals surface area contributed by atoms with E-state index < -0.39 is 17.8 Å². The molecule has 0 aliphatic heterocycles. The molecule has 1 aromatic rings. The lowest BCUT2D eigenvalue weighted by molar-refractivity contribution is -0.143. The lowest BCUT2D eigenvalue weighted by Crippen LogP contribution is -2.26. The Morgan fingerprint density at radius 1 is 1.62 bits per heavy atom. The van der Waals surface area contributed by atoms with E-state index in [2.05, 4.69) is 10.4 Å². The van der Waals surface area contributed by atoms with Crippen molar-refractivity contribution in [2.75, 3.05) is 13.2 Å². The number of aliphatic hydroxyl groups is 1. The first-order valence-corrected chi connectivity index (χ1v) is 4.36. The number of carbonyl (C=O) groups is 1. The maximum atomic E-state index is 12.3. The molecule has 1 amide bonds. The van der Waals surface area contributed by atoms with Crippen LogP contribution in [-0.4, -0.2) is 33.9 Å². The van der Waals surface area contributed by atoms with E-state index in [4.69, 9.17) is 5.11 Å². The Morgan fingerprint density at radius 2 is 2.25 bits per heavy atom. The normalized spacial score (nSPS) is 11.6. The number of hydrogen-bond acceptors (Lipinski definition) is 3. The molecule has 5 nitrogen and oxygen atoms in total. The maximum absolute atomic E-state index is 12.3. The van der Waals surface area contributed by atoms with Crippen molar-refractivity contribution in [2.45, 2.75) is 6.18 Å². The summed E-state index contributed by atoms with van der Waals surface area (Å²) < 4.78 is 37.6. The summed E-state index contributed by atoms with van der Waals surface area (Å²) in [5.74, 6) is -0.750. The highest BCUT2D eigenvalue weighted by molar-refractivity contribution is 5.92. The molecule has 0 aliphatic carbocycles. The van der Waals surface area contributed by atoms with E-state index in [0.29, 0.717) is 10.7 Å². The Morgan fingerprint density at radius 3 is 2.69 bits per heavy atom. The Balaban J connectivity index is 2.89. The molecule has 90 valence electrons. The molecule has 2 N–H and O–H groups in total. The van der Waals surface area contributed by atoms with Crippen LogP contribution in [0.25, 0.3) is 0 Å². The van der Waals surface area contributed by atoms with E-state index in [1.807, 2.05) is 0 Å². The molecular weight excluding hydrogens is 227 g/mol. The maximum Gasteiger partial charge on any atom is 0.433 e. The van der Waals surface area contributed by atoms with Crippen LogP contribution < -0.4 is 5.32 Å². The van der Waals surface area contributed by atoms with Gasteiger partial charge in [0.1, 0.15) is 5.69 Å². The van der Waals surface area contributed by atoms with Crippen molar-refractivity contribution in [3.63, 3.8) is 0 Å². The summed E-state index contributed by atoms with van der Waals surface area (Å²) in [6, 6.07) is 0.659. The first-order chi connectivity index (χ1) is 7.36. The summed E-state index contributed by atoms with van der Waals surface area (Å²) in [5.41, 5.74) is -1.33. The van der Waals surface area contributed by atoms with Gasteiger partial charge in [-0.15, -0.1) is 0 Å². The third-order valence-corrected chi connectivity index (χ3v) is 1.80. The number of nitrogens with one attached hydrogen (secondary N) is 1. The minimum Gasteiger partial charge on any atom is -0.395 e. The molecule has 0 atom stereocenters. The van der Waals surface area contributed by atoms with Crippen molar-refractivity contribution in [3.05, 3.63) is 17.5 Å². The van der Waals surface area contributed by atoms with Crippen LogP contribution in [0.3, 0.4) is 0 Å². The third kappa shape index (κ3) is 2.72. The molecule has 0 saturated carbocycles. The molecule has 0 saturated heterocycles. The van der Waals surface area contributed by atoms with Gasteiger partial charge in [0, 0.05) is 19.7 Å². The van der Waals surface area contributed by atoms with Gasteiger partial charge in [0.05, 0.1) is 6.61 Å². The standard InChI is InChI=1S/C8H10F3N3O2/c1-14-6(8(9,10)11)4-5(13-14)7(16)12-2-3-15/h4,15H,2-3H2,1H3,(H,12,16). The Bertz CT molecular complexity index is 386. The quantitative estimate of drug-likeness (QED) is 0.787. The van der Waals surface area contributed by atoms with Gasteiger partial charge in [-0.1, -0.05) is 0 Å². The second-order valence-electron chi connectivity index (χ2n) is 3.02. The highest BCUT2D eigenvalue weighted by Gasteiger charge is 2.35. The number of aliphatic hydroxyl groups excluding tert-OH is 1. The van der Waals surface area contributed by atoms with Gasteiger partial charge in [-0.3, -0.25) is 9.48 Å². The lowest BCUT2D eigenvalue weighted by atomic mass is 10.3. The van der Waals surface area contributed by atoms with Crippen LogP contribution in [0.1, 0.15) is 16.2 Å².